The highest BCUT2D eigenvalue weighted by Gasteiger charge is 2.20. The fourth-order valence-corrected chi connectivity index (χ4v) is 3.58. The first kappa shape index (κ1) is 21.2. The predicted molar refractivity (Wildman–Crippen MR) is 110 cm³/mol. The third kappa shape index (κ3) is 6.27. The molecule has 7 heteroatoms. The van der Waals surface area contributed by atoms with E-state index in [-0.39, 0.29) is 37.0 Å². The molecule has 3 rings (SSSR count). The monoisotopic (exact) mass is 406 g/mol. The molecule has 0 spiro atoms. The fraction of sp³-hybridized carbons (Fsp3) is 0.304. The molecule has 1 aliphatic rings. The second-order valence-corrected chi connectivity index (χ2v) is 7.28. The minimum Gasteiger partial charge on any atom is -0.550 e. The van der Waals surface area contributed by atoms with Crippen LogP contribution >= 0.6 is 0 Å². The van der Waals surface area contributed by atoms with Crippen LogP contribution in [0, 0.1) is 0 Å². The molecule has 0 radical (unpaired) electrons. The van der Waals surface area contributed by atoms with Crippen LogP contribution in [0.25, 0.3) is 0 Å². The number of amides is 2. The fourth-order valence-electron chi connectivity index (χ4n) is 3.58. The molecule has 1 aromatic carbocycles. The summed E-state index contributed by atoms with van der Waals surface area (Å²) in [5.74, 6) is -1.32. The Kier molecular flexibility index (Phi) is 7.32. The maximum absolute atomic E-state index is 12.2. The lowest BCUT2D eigenvalue weighted by atomic mass is 9.88. The van der Waals surface area contributed by atoms with E-state index in [2.05, 4.69) is 15.6 Å². The summed E-state index contributed by atoms with van der Waals surface area (Å²) < 4.78 is 0. The van der Waals surface area contributed by atoms with E-state index in [0.29, 0.717) is 25.2 Å². The smallest absolute Gasteiger partial charge is 0.226 e. The molecule has 30 heavy (non-hydrogen) atoms. The SMILES string of the molecule is O=C([O-])CC1CC(CNC(=O)CCC(=O)Nc2ccccn2)=CCc2ccccc21. The third-order valence-corrected chi connectivity index (χ3v) is 5.05. The number of benzene rings is 1. The van der Waals surface area contributed by atoms with E-state index in [4.69, 9.17) is 0 Å². The van der Waals surface area contributed by atoms with Crippen LogP contribution in [0.5, 0.6) is 0 Å². The number of carboxylic acid groups (broad SMARTS) is 1. The molecule has 2 amide bonds. The van der Waals surface area contributed by atoms with Gasteiger partial charge in [-0.1, -0.05) is 42.0 Å². The lowest BCUT2D eigenvalue weighted by molar-refractivity contribution is -0.306. The molecule has 0 saturated carbocycles. The average molecular weight is 406 g/mol. The van der Waals surface area contributed by atoms with E-state index >= 15 is 0 Å². The predicted octanol–water partition coefficient (Wildman–Crippen LogP) is 1.71. The van der Waals surface area contributed by atoms with E-state index in [1.54, 1.807) is 24.4 Å². The van der Waals surface area contributed by atoms with Crippen molar-refractivity contribution in [1.29, 1.82) is 0 Å². The van der Waals surface area contributed by atoms with Crippen molar-refractivity contribution in [2.75, 3.05) is 11.9 Å². The Balaban J connectivity index is 1.50. The van der Waals surface area contributed by atoms with Gasteiger partial charge in [-0.15, -0.1) is 0 Å². The Morgan fingerprint density at radius 3 is 2.57 bits per heavy atom. The van der Waals surface area contributed by atoms with Gasteiger partial charge < -0.3 is 20.5 Å². The van der Waals surface area contributed by atoms with Crippen molar-refractivity contribution in [3.05, 3.63) is 71.4 Å². The number of pyridine rings is 1. The van der Waals surface area contributed by atoms with E-state index in [0.717, 1.165) is 16.7 Å². The Morgan fingerprint density at radius 1 is 1.03 bits per heavy atom. The van der Waals surface area contributed by atoms with Gasteiger partial charge in [-0.25, -0.2) is 4.98 Å². The van der Waals surface area contributed by atoms with Crippen LogP contribution in [0.2, 0.25) is 0 Å². The summed E-state index contributed by atoms with van der Waals surface area (Å²) in [6.45, 7) is 0.332. The first-order valence-electron chi connectivity index (χ1n) is 9.94. The summed E-state index contributed by atoms with van der Waals surface area (Å²) in [6, 6.07) is 13.0. The van der Waals surface area contributed by atoms with Crippen molar-refractivity contribution >= 4 is 23.6 Å². The molecule has 7 nitrogen and oxygen atoms in total. The van der Waals surface area contributed by atoms with E-state index in [9.17, 15) is 19.5 Å². The zero-order chi connectivity index (χ0) is 21.3. The number of fused-ring (bicyclic) bond motifs is 1. The number of nitrogens with one attached hydrogen (secondary N) is 2. The van der Waals surface area contributed by atoms with Gasteiger partial charge in [-0.2, -0.15) is 0 Å². The molecule has 0 bridgehead atoms. The van der Waals surface area contributed by atoms with Crippen LogP contribution < -0.4 is 15.7 Å². The molecule has 156 valence electrons. The molecule has 1 aromatic heterocycles. The van der Waals surface area contributed by atoms with Crippen molar-refractivity contribution in [3.63, 3.8) is 0 Å². The first-order chi connectivity index (χ1) is 14.5. The van der Waals surface area contributed by atoms with Gasteiger partial charge in [0.05, 0.1) is 0 Å². The van der Waals surface area contributed by atoms with Gasteiger partial charge in [0.1, 0.15) is 5.82 Å². The van der Waals surface area contributed by atoms with Gasteiger partial charge in [0.15, 0.2) is 0 Å². The quantitative estimate of drug-likeness (QED) is 0.649. The number of nitrogens with zero attached hydrogens (tertiary/aromatic N) is 1. The highest BCUT2D eigenvalue weighted by atomic mass is 16.4. The molecule has 0 fully saturated rings. The lowest BCUT2D eigenvalue weighted by Crippen LogP contribution is -2.28. The maximum Gasteiger partial charge on any atom is 0.226 e. The van der Waals surface area contributed by atoms with Gasteiger partial charge in [0, 0.05) is 31.6 Å². The second-order valence-electron chi connectivity index (χ2n) is 7.28. The van der Waals surface area contributed by atoms with E-state index in [1.165, 1.54) is 0 Å². The number of carbonyl (C=O) groups is 3. The van der Waals surface area contributed by atoms with Crippen molar-refractivity contribution in [1.82, 2.24) is 10.3 Å². The average Bonchev–Trinajstić information content (AvgIpc) is 2.91. The van der Waals surface area contributed by atoms with Crippen molar-refractivity contribution in [2.24, 2.45) is 0 Å². The van der Waals surface area contributed by atoms with Gasteiger partial charge in [-0.05, 0) is 48.4 Å². The number of aromatic nitrogens is 1. The number of hydrogen-bond donors (Lipinski definition) is 2. The number of aliphatic carboxylic acids is 1. The van der Waals surface area contributed by atoms with Crippen molar-refractivity contribution in [2.45, 2.75) is 38.0 Å². The highest BCUT2D eigenvalue weighted by molar-refractivity contribution is 5.92. The molecule has 1 unspecified atom stereocenters. The van der Waals surface area contributed by atoms with Crippen LogP contribution in [-0.2, 0) is 20.8 Å². The number of carboxylic acids is 1. The molecule has 0 aliphatic heterocycles. The Morgan fingerprint density at radius 2 is 1.80 bits per heavy atom. The van der Waals surface area contributed by atoms with Gasteiger partial charge in [0.2, 0.25) is 11.8 Å². The van der Waals surface area contributed by atoms with Crippen molar-refractivity contribution < 1.29 is 19.5 Å². The van der Waals surface area contributed by atoms with Crippen molar-refractivity contribution in [3.8, 4) is 0 Å². The molecule has 1 aliphatic carbocycles. The van der Waals surface area contributed by atoms with Gasteiger partial charge >= 0.3 is 0 Å². The number of anilines is 1. The summed E-state index contributed by atoms with van der Waals surface area (Å²) in [5.41, 5.74) is 3.09. The summed E-state index contributed by atoms with van der Waals surface area (Å²) in [7, 11) is 0. The number of rotatable bonds is 8. The lowest BCUT2D eigenvalue weighted by Gasteiger charge is -2.20. The first-order valence-corrected chi connectivity index (χ1v) is 9.94. The molecule has 0 saturated heterocycles. The largest absolute Gasteiger partial charge is 0.550 e. The van der Waals surface area contributed by atoms with Crippen LogP contribution in [0.1, 0.15) is 42.7 Å². The standard InChI is InChI=1S/C23H25N3O4/c27-21(10-11-22(28)26-20-7-3-4-12-24-20)25-15-16-8-9-17-5-1-2-6-19(17)18(13-16)14-23(29)30/h1-8,12,18H,9-11,13-15H2,(H,25,27)(H,29,30)(H,24,26,28)/p-1. The van der Waals surface area contributed by atoms with Gasteiger partial charge in [-0.3, -0.25) is 9.59 Å². The van der Waals surface area contributed by atoms with Gasteiger partial charge in [0.25, 0.3) is 0 Å². The number of hydrogen-bond acceptors (Lipinski definition) is 5. The molecular weight excluding hydrogens is 382 g/mol. The zero-order valence-electron chi connectivity index (χ0n) is 16.6. The molecule has 1 heterocycles. The minimum atomic E-state index is -1.08. The zero-order valence-corrected chi connectivity index (χ0v) is 16.6. The van der Waals surface area contributed by atoms with E-state index in [1.807, 2.05) is 30.3 Å². The molecule has 2 aromatic rings. The number of allylic oxidation sites excluding steroid dienone is 1. The summed E-state index contributed by atoms with van der Waals surface area (Å²) in [5, 5.41) is 16.7. The number of carbonyl (C=O) groups excluding carboxylic acids is 3. The Labute approximate surface area is 175 Å². The molecule has 2 N–H and O–H groups in total. The second kappa shape index (κ2) is 10.3. The summed E-state index contributed by atoms with van der Waals surface area (Å²) in [4.78, 5) is 39.3. The van der Waals surface area contributed by atoms with E-state index < -0.39 is 5.97 Å². The maximum atomic E-state index is 12.2. The Bertz CT molecular complexity index is 940. The minimum absolute atomic E-state index is 0.0558. The molecule has 1 atom stereocenters. The van der Waals surface area contributed by atoms with Crippen LogP contribution in [0.4, 0.5) is 5.82 Å². The summed E-state index contributed by atoms with van der Waals surface area (Å²) in [6.07, 6.45) is 4.92. The van der Waals surface area contributed by atoms with Crippen LogP contribution in [-0.4, -0.2) is 29.3 Å². The normalized spacial score (nSPS) is 15.3. The van der Waals surface area contributed by atoms with Crippen LogP contribution in [0.15, 0.2) is 60.3 Å². The summed E-state index contributed by atoms with van der Waals surface area (Å²) >= 11 is 0. The highest BCUT2D eigenvalue weighted by Crippen LogP contribution is 2.32. The third-order valence-electron chi connectivity index (χ3n) is 5.05. The molecular formula is C23H24N3O4-. The van der Waals surface area contributed by atoms with Crippen LogP contribution in [0.3, 0.4) is 0 Å². The topological polar surface area (TPSA) is 111 Å². The Hall–Kier alpha value is -3.48.